The molecule has 2 N–H and O–H groups in total. The number of aromatic nitrogens is 4. The van der Waals surface area contributed by atoms with Crippen LogP contribution in [0.3, 0.4) is 0 Å². The molecule has 0 amide bonds. The van der Waals surface area contributed by atoms with Gasteiger partial charge in [-0.05, 0) is 25.1 Å². The lowest BCUT2D eigenvalue weighted by atomic mass is 10.1. The van der Waals surface area contributed by atoms with E-state index in [0.29, 0.717) is 49.8 Å². The van der Waals surface area contributed by atoms with Gasteiger partial charge < -0.3 is 14.7 Å². The zero-order valence-corrected chi connectivity index (χ0v) is 19.9. The number of sulfonamides is 1. The summed E-state index contributed by atoms with van der Waals surface area (Å²) in [6.07, 6.45) is 0. The van der Waals surface area contributed by atoms with Crippen LogP contribution in [0, 0.1) is 6.92 Å². The first-order chi connectivity index (χ1) is 16.4. The SMILES string of the molecule is COc1ccc(-c2nnc3c4ccccc4c(C)nn23)cc1S(=O)(=O)N1CC[NH+](CCO)CC1. The highest BCUT2D eigenvalue weighted by Crippen LogP contribution is 2.32. The molecular formula is C23H27N6O4S+. The van der Waals surface area contributed by atoms with Crippen LogP contribution in [0.15, 0.2) is 47.4 Å². The molecule has 1 aliphatic heterocycles. The van der Waals surface area contributed by atoms with Crippen LogP contribution in [-0.2, 0) is 10.0 Å². The Morgan fingerprint density at radius 1 is 1.09 bits per heavy atom. The standard InChI is InChI=1S/C23H26N6O4S/c1-16-18-5-3-4-6-19(18)23-25-24-22(29(23)26-16)17-7-8-20(33-2)21(15-17)34(31,32)28-11-9-27(10-12-28)13-14-30/h3-8,15,30H,9-14H2,1-2H3/p+1. The number of rotatable bonds is 6. The number of nitrogens with one attached hydrogen (secondary N) is 1. The van der Waals surface area contributed by atoms with Crippen LogP contribution < -0.4 is 9.64 Å². The van der Waals surface area contributed by atoms with Gasteiger partial charge in [0.1, 0.15) is 17.2 Å². The van der Waals surface area contributed by atoms with Crippen molar-refractivity contribution in [3.63, 3.8) is 0 Å². The zero-order chi connectivity index (χ0) is 23.9. The van der Waals surface area contributed by atoms with Gasteiger partial charge in [-0.15, -0.1) is 10.2 Å². The van der Waals surface area contributed by atoms with Crippen molar-refractivity contribution < 1.29 is 23.2 Å². The van der Waals surface area contributed by atoms with Crippen molar-refractivity contribution in [1.29, 1.82) is 0 Å². The van der Waals surface area contributed by atoms with Crippen LogP contribution >= 0.6 is 0 Å². The van der Waals surface area contributed by atoms with Crippen LogP contribution in [0.5, 0.6) is 5.75 Å². The predicted octanol–water partition coefficient (Wildman–Crippen LogP) is 0.143. The molecule has 2 aromatic carbocycles. The molecule has 10 nitrogen and oxygen atoms in total. The van der Waals surface area contributed by atoms with Gasteiger partial charge in [-0.2, -0.15) is 13.9 Å². The number of aliphatic hydroxyl groups excluding tert-OH is 1. The Morgan fingerprint density at radius 3 is 2.53 bits per heavy atom. The van der Waals surface area contributed by atoms with Gasteiger partial charge in [-0.1, -0.05) is 24.3 Å². The molecule has 11 heteroatoms. The van der Waals surface area contributed by atoms with Crippen molar-refractivity contribution in [2.24, 2.45) is 0 Å². The summed E-state index contributed by atoms with van der Waals surface area (Å²) in [5.41, 5.74) is 2.02. The number of aryl methyl sites for hydroxylation is 1. The lowest BCUT2D eigenvalue weighted by Gasteiger charge is -2.31. The van der Waals surface area contributed by atoms with E-state index in [1.165, 1.54) is 16.3 Å². The molecule has 0 saturated carbocycles. The quantitative estimate of drug-likeness (QED) is 0.401. The number of aliphatic hydroxyl groups is 1. The summed E-state index contributed by atoms with van der Waals surface area (Å²) in [4.78, 5) is 1.28. The molecular weight excluding hydrogens is 456 g/mol. The maximum atomic E-state index is 13.6. The van der Waals surface area contributed by atoms with E-state index in [-0.39, 0.29) is 17.3 Å². The Kier molecular flexibility index (Phi) is 5.94. The first kappa shape index (κ1) is 22.7. The highest BCUT2D eigenvalue weighted by atomic mass is 32.2. The minimum atomic E-state index is -3.80. The van der Waals surface area contributed by atoms with Gasteiger partial charge in [0.15, 0.2) is 11.5 Å². The normalized spacial score (nSPS) is 15.9. The number of benzene rings is 2. The first-order valence-corrected chi connectivity index (χ1v) is 12.6. The van der Waals surface area contributed by atoms with E-state index in [4.69, 9.17) is 4.74 Å². The number of quaternary nitrogens is 1. The van der Waals surface area contributed by atoms with Crippen molar-refractivity contribution in [3.8, 4) is 17.1 Å². The Bertz CT molecular complexity index is 1460. The lowest BCUT2D eigenvalue weighted by molar-refractivity contribution is -0.904. The largest absolute Gasteiger partial charge is 0.495 e. The van der Waals surface area contributed by atoms with E-state index in [2.05, 4.69) is 15.3 Å². The number of hydrogen-bond acceptors (Lipinski definition) is 7. The van der Waals surface area contributed by atoms with Crippen LogP contribution in [0.2, 0.25) is 0 Å². The zero-order valence-electron chi connectivity index (χ0n) is 19.1. The van der Waals surface area contributed by atoms with Gasteiger partial charge in [-0.25, -0.2) is 8.42 Å². The minimum Gasteiger partial charge on any atom is -0.495 e. The Morgan fingerprint density at radius 2 is 1.82 bits per heavy atom. The number of hydrogen-bond donors (Lipinski definition) is 2. The number of methoxy groups -OCH3 is 1. The maximum Gasteiger partial charge on any atom is 0.247 e. The molecule has 178 valence electrons. The van der Waals surface area contributed by atoms with E-state index in [0.717, 1.165) is 16.5 Å². The second kappa shape index (κ2) is 8.91. The van der Waals surface area contributed by atoms with Crippen LogP contribution in [0.1, 0.15) is 5.69 Å². The summed E-state index contributed by atoms with van der Waals surface area (Å²) in [7, 11) is -2.34. The third kappa shape index (κ3) is 3.80. The molecule has 3 heterocycles. The molecule has 0 spiro atoms. The molecule has 2 aromatic heterocycles. The molecule has 0 aliphatic carbocycles. The summed E-state index contributed by atoms with van der Waals surface area (Å²) in [5, 5.41) is 24.5. The highest BCUT2D eigenvalue weighted by molar-refractivity contribution is 7.89. The molecule has 0 bridgehead atoms. The van der Waals surface area contributed by atoms with Gasteiger partial charge in [0, 0.05) is 16.3 Å². The summed E-state index contributed by atoms with van der Waals surface area (Å²) < 4.78 is 35.7. The van der Waals surface area contributed by atoms with E-state index >= 15 is 0 Å². The number of nitrogens with zero attached hydrogens (tertiary/aromatic N) is 5. The monoisotopic (exact) mass is 483 g/mol. The predicted molar refractivity (Wildman–Crippen MR) is 126 cm³/mol. The first-order valence-electron chi connectivity index (χ1n) is 11.2. The molecule has 0 unspecified atom stereocenters. The van der Waals surface area contributed by atoms with Crippen molar-refractivity contribution >= 4 is 26.4 Å². The van der Waals surface area contributed by atoms with Gasteiger partial charge >= 0.3 is 0 Å². The number of piperazine rings is 1. The highest BCUT2D eigenvalue weighted by Gasteiger charge is 2.33. The van der Waals surface area contributed by atoms with Crippen molar-refractivity contribution in [3.05, 3.63) is 48.2 Å². The van der Waals surface area contributed by atoms with Crippen LogP contribution in [-0.4, -0.2) is 84.1 Å². The molecule has 0 radical (unpaired) electrons. The number of ether oxygens (including phenoxy) is 1. The van der Waals surface area contributed by atoms with E-state index in [1.54, 1.807) is 22.7 Å². The summed E-state index contributed by atoms with van der Waals surface area (Å²) >= 11 is 0. The summed E-state index contributed by atoms with van der Waals surface area (Å²) in [6, 6.07) is 12.9. The molecule has 5 rings (SSSR count). The molecule has 1 aliphatic rings. The molecule has 1 saturated heterocycles. The lowest BCUT2D eigenvalue weighted by Crippen LogP contribution is -3.15. The fourth-order valence-electron chi connectivity index (χ4n) is 4.53. The van der Waals surface area contributed by atoms with Crippen LogP contribution in [0.4, 0.5) is 0 Å². The number of fused-ring (bicyclic) bond motifs is 3. The Balaban J connectivity index is 1.57. The van der Waals surface area contributed by atoms with Crippen molar-refractivity contribution in [1.82, 2.24) is 24.1 Å². The molecule has 4 aromatic rings. The van der Waals surface area contributed by atoms with Crippen molar-refractivity contribution in [2.45, 2.75) is 11.8 Å². The van der Waals surface area contributed by atoms with E-state index in [1.807, 2.05) is 31.2 Å². The average Bonchev–Trinajstić information content (AvgIpc) is 3.28. The summed E-state index contributed by atoms with van der Waals surface area (Å²) in [6.45, 7) is 4.69. The van der Waals surface area contributed by atoms with Gasteiger partial charge in [0.25, 0.3) is 0 Å². The minimum absolute atomic E-state index is 0.0902. The fourth-order valence-corrected chi connectivity index (χ4v) is 6.15. The average molecular weight is 484 g/mol. The molecule has 1 fully saturated rings. The fraction of sp³-hybridized carbons (Fsp3) is 0.348. The van der Waals surface area contributed by atoms with E-state index in [9.17, 15) is 13.5 Å². The maximum absolute atomic E-state index is 13.6. The third-order valence-electron chi connectivity index (χ3n) is 6.38. The van der Waals surface area contributed by atoms with Crippen LogP contribution in [0.25, 0.3) is 27.8 Å². The second-order valence-electron chi connectivity index (χ2n) is 8.38. The van der Waals surface area contributed by atoms with Gasteiger partial charge in [0.05, 0.1) is 45.6 Å². The second-order valence-corrected chi connectivity index (χ2v) is 10.3. The third-order valence-corrected chi connectivity index (χ3v) is 8.30. The molecule has 0 atom stereocenters. The Hall–Kier alpha value is -3.12. The summed E-state index contributed by atoms with van der Waals surface area (Å²) in [5.74, 6) is 0.734. The smallest absolute Gasteiger partial charge is 0.247 e. The molecule has 34 heavy (non-hydrogen) atoms. The van der Waals surface area contributed by atoms with E-state index < -0.39 is 10.0 Å². The van der Waals surface area contributed by atoms with Gasteiger partial charge in [-0.3, -0.25) is 0 Å². The van der Waals surface area contributed by atoms with Crippen molar-refractivity contribution in [2.75, 3.05) is 46.4 Å². The van der Waals surface area contributed by atoms with Gasteiger partial charge in [0.2, 0.25) is 10.0 Å². The topological polar surface area (TPSA) is 114 Å². The Labute approximate surface area is 197 Å².